The van der Waals surface area contributed by atoms with Crippen LogP contribution >= 0.6 is 0 Å². The Kier molecular flexibility index (Phi) is 3.12. The number of Topliss-reactive ketones (excluding diaryl/α,β-unsaturated/α-hetero) is 1. The Morgan fingerprint density at radius 1 is 1.19 bits per heavy atom. The molecule has 0 amide bonds. The van der Waals surface area contributed by atoms with Crippen LogP contribution in [0.15, 0.2) is 11.1 Å². The molecule has 0 spiro atoms. The molecule has 0 aromatic carbocycles. The number of aliphatic hydroxyl groups excluding tert-OH is 1. The van der Waals surface area contributed by atoms with E-state index < -0.39 is 0 Å². The highest BCUT2D eigenvalue weighted by Crippen LogP contribution is 2.62. The third-order valence-corrected chi connectivity index (χ3v) is 7.48. The van der Waals surface area contributed by atoms with Gasteiger partial charge < -0.3 is 5.11 Å². The first-order chi connectivity index (χ1) is 10.0. The van der Waals surface area contributed by atoms with Crippen molar-refractivity contribution in [3.8, 4) is 0 Å². The second-order valence-corrected chi connectivity index (χ2v) is 8.46. The molecule has 0 heterocycles. The van der Waals surface area contributed by atoms with Gasteiger partial charge in [0.1, 0.15) is 5.78 Å². The fourth-order valence-electron chi connectivity index (χ4n) is 6.39. The molecule has 4 aliphatic rings. The van der Waals surface area contributed by atoms with Gasteiger partial charge in [0, 0.05) is 12.8 Å². The lowest BCUT2D eigenvalue weighted by Crippen LogP contribution is -2.45. The topological polar surface area (TPSA) is 37.3 Å². The highest BCUT2D eigenvalue weighted by Gasteiger charge is 2.57. The van der Waals surface area contributed by atoms with Crippen molar-refractivity contribution >= 4 is 5.78 Å². The summed E-state index contributed by atoms with van der Waals surface area (Å²) in [5.41, 5.74) is 3.33. The summed E-state index contributed by atoms with van der Waals surface area (Å²) >= 11 is 0. The highest BCUT2D eigenvalue weighted by atomic mass is 16.3. The highest BCUT2D eigenvalue weighted by molar-refractivity contribution is 5.82. The zero-order valence-electron chi connectivity index (χ0n) is 13.4. The lowest BCUT2D eigenvalue weighted by atomic mass is 9.54. The molecule has 2 nitrogen and oxygen atoms in total. The molecule has 0 saturated heterocycles. The molecule has 0 unspecified atom stereocenters. The summed E-state index contributed by atoms with van der Waals surface area (Å²) in [7, 11) is 0. The van der Waals surface area contributed by atoms with Crippen LogP contribution in [0.1, 0.15) is 65.2 Å². The Morgan fingerprint density at radius 2 is 2.00 bits per heavy atom. The first-order valence-electron chi connectivity index (χ1n) is 8.91. The molecular formula is C19H28O2. The van der Waals surface area contributed by atoms with Crippen LogP contribution in [0.5, 0.6) is 0 Å². The van der Waals surface area contributed by atoms with Gasteiger partial charge >= 0.3 is 0 Å². The molecule has 2 heteroatoms. The van der Waals surface area contributed by atoms with Gasteiger partial charge in [0.2, 0.25) is 0 Å². The van der Waals surface area contributed by atoms with Gasteiger partial charge in [-0.3, -0.25) is 4.79 Å². The molecule has 2 fully saturated rings. The summed E-state index contributed by atoms with van der Waals surface area (Å²) < 4.78 is 0. The van der Waals surface area contributed by atoms with Crippen LogP contribution in [0.3, 0.4) is 0 Å². The van der Waals surface area contributed by atoms with Crippen LogP contribution in [-0.2, 0) is 4.79 Å². The molecular weight excluding hydrogens is 260 g/mol. The smallest absolute Gasteiger partial charge is 0.137 e. The number of allylic oxidation sites excluding steroid dienone is 2. The van der Waals surface area contributed by atoms with Gasteiger partial charge in [0.05, 0.1) is 6.10 Å². The van der Waals surface area contributed by atoms with Crippen molar-refractivity contribution in [3.63, 3.8) is 0 Å². The number of hydrogen-bond acceptors (Lipinski definition) is 2. The molecule has 2 saturated carbocycles. The standard InChI is InChI=1S/C19H28O2/c1-11-9-17-16-5-3-12-10-13(20)4-6-14(12)15(16)7-8-19(17,2)18(11)21/h11,15-18,21H,3-10H2,1-2H3/t11-,15-,16-,17+,18+,19+/m1/s1. The summed E-state index contributed by atoms with van der Waals surface area (Å²) in [5, 5.41) is 10.7. The second kappa shape index (κ2) is 4.68. The Bertz CT molecular complexity index is 506. The molecule has 0 aromatic heterocycles. The predicted molar refractivity (Wildman–Crippen MR) is 82.7 cm³/mol. The van der Waals surface area contributed by atoms with Gasteiger partial charge in [-0.2, -0.15) is 0 Å². The lowest BCUT2D eigenvalue weighted by molar-refractivity contribution is -0.119. The molecule has 6 atom stereocenters. The summed E-state index contributed by atoms with van der Waals surface area (Å²) in [4.78, 5) is 11.7. The molecule has 1 N–H and O–H groups in total. The van der Waals surface area contributed by atoms with E-state index in [0.29, 0.717) is 17.6 Å². The zero-order valence-corrected chi connectivity index (χ0v) is 13.4. The molecule has 4 rings (SSSR count). The second-order valence-electron chi connectivity index (χ2n) is 8.46. The lowest BCUT2D eigenvalue weighted by Gasteiger charge is -2.51. The average molecular weight is 288 g/mol. The fraction of sp³-hybridized carbons (Fsp3) is 0.842. The number of ketones is 1. The molecule has 0 radical (unpaired) electrons. The van der Waals surface area contributed by atoms with E-state index in [1.165, 1.54) is 31.3 Å². The maximum absolute atomic E-state index is 11.7. The number of aliphatic hydroxyl groups is 1. The number of carbonyl (C=O) groups is 1. The van der Waals surface area contributed by atoms with E-state index in [1.54, 1.807) is 5.57 Å². The summed E-state index contributed by atoms with van der Waals surface area (Å²) in [5.74, 6) is 3.13. The van der Waals surface area contributed by atoms with Crippen LogP contribution in [0.4, 0.5) is 0 Å². The van der Waals surface area contributed by atoms with Crippen LogP contribution < -0.4 is 0 Å². The van der Waals surface area contributed by atoms with Crippen molar-refractivity contribution in [1.82, 2.24) is 0 Å². The van der Waals surface area contributed by atoms with Crippen molar-refractivity contribution < 1.29 is 9.90 Å². The van der Waals surface area contributed by atoms with Crippen LogP contribution in [-0.4, -0.2) is 17.0 Å². The largest absolute Gasteiger partial charge is 0.392 e. The monoisotopic (exact) mass is 288 g/mol. The number of hydrogen-bond donors (Lipinski definition) is 1. The van der Waals surface area contributed by atoms with Crippen molar-refractivity contribution in [2.24, 2.45) is 29.1 Å². The van der Waals surface area contributed by atoms with Gasteiger partial charge in [-0.25, -0.2) is 0 Å². The quantitative estimate of drug-likeness (QED) is 0.687. The van der Waals surface area contributed by atoms with E-state index in [2.05, 4.69) is 13.8 Å². The van der Waals surface area contributed by atoms with Gasteiger partial charge in [0.25, 0.3) is 0 Å². The maximum Gasteiger partial charge on any atom is 0.137 e. The normalized spacial score (nSPS) is 49.7. The minimum Gasteiger partial charge on any atom is -0.392 e. The molecule has 0 bridgehead atoms. The van der Waals surface area contributed by atoms with E-state index in [1.807, 2.05) is 0 Å². The average Bonchev–Trinajstić information content (AvgIpc) is 2.70. The third-order valence-electron chi connectivity index (χ3n) is 7.48. The van der Waals surface area contributed by atoms with Gasteiger partial charge in [-0.1, -0.05) is 25.0 Å². The van der Waals surface area contributed by atoms with Crippen molar-refractivity contribution in [3.05, 3.63) is 11.1 Å². The molecule has 21 heavy (non-hydrogen) atoms. The Morgan fingerprint density at radius 3 is 2.81 bits per heavy atom. The fourth-order valence-corrected chi connectivity index (χ4v) is 6.39. The first-order valence-corrected chi connectivity index (χ1v) is 8.91. The number of rotatable bonds is 0. The van der Waals surface area contributed by atoms with E-state index in [4.69, 9.17) is 0 Å². The first kappa shape index (κ1) is 14.0. The summed E-state index contributed by atoms with van der Waals surface area (Å²) in [6, 6.07) is 0. The van der Waals surface area contributed by atoms with E-state index in [0.717, 1.165) is 37.5 Å². The number of fused-ring (bicyclic) bond motifs is 4. The molecule has 0 aromatic rings. The van der Waals surface area contributed by atoms with Gasteiger partial charge in [-0.05, 0) is 67.6 Å². The van der Waals surface area contributed by atoms with Gasteiger partial charge in [-0.15, -0.1) is 0 Å². The van der Waals surface area contributed by atoms with E-state index in [9.17, 15) is 9.90 Å². The van der Waals surface area contributed by atoms with Crippen molar-refractivity contribution in [2.75, 3.05) is 0 Å². The Labute approximate surface area is 128 Å². The predicted octanol–water partition coefficient (Wildman–Crippen LogP) is 3.88. The van der Waals surface area contributed by atoms with Crippen LogP contribution in [0.2, 0.25) is 0 Å². The summed E-state index contributed by atoms with van der Waals surface area (Å²) in [6.07, 6.45) is 8.51. The van der Waals surface area contributed by atoms with Crippen molar-refractivity contribution in [1.29, 1.82) is 0 Å². The Hall–Kier alpha value is -0.630. The number of carbonyl (C=O) groups excluding carboxylic acids is 1. The van der Waals surface area contributed by atoms with E-state index in [-0.39, 0.29) is 11.5 Å². The van der Waals surface area contributed by atoms with E-state index >= 15 is 0 Å². The van der Waals surface area contributed by atoms with Crippen molar-refractivity contribution in [2.45, 2.75) is 71.3 Å². The van der Waals surface area contributed by atoms with Gasteiger partial charge in [0.15, 0.2) is 0 Å². The Balaban J connectivity index is 1.66. The summed E-state index contributed by atoms with van der Waals surface area (Å²) in [6.45, 7) is 4.58. The van der Waals surface area contributed by atoms with Crippen LogP contribution in [0, 0.1) is 29.1 Å². The minimum atomic E-state index is -0.105. The maximum atomic E-state index is 11.7. The molecule has 0 aliphatic heterocycles. The zero-order chi connectivity index (χ0) is 14.8. The SMILES string of the molecule is C[C@@H]1C[C@H]2[C@@H]3CCC4=C(CCC(=O)C4)[C@H]3CC[C@]2(C)[C@H]1O. The minimum absolute atomic E-state index is 0.105. The molecule has 4 aliphatic carbocycles. The third kappa shape index (κ3) is 1.91. The van der Waals surface area contributed by atoms with Crippen LogP contribution in [0.25, 0.3) is 0 Å². The molecule has 116 valence electrons.